The summed E-state index contributed by atoms with van der Waals surface area (Å²) < 4.78 is 0. The first-order chi connectivity index (χ1) is 30.5. The minimum Gasteiger partial charge on any atom is -0.378 e. The summed E-state index contributed by atoms with van der Waals surface area (Å²) in [5.74, 6) is 0. The van der Waals surface area contributed by atoms with Crippen LogP contribution in [0.25, 0.3) is 21.5 Å². The third-order valence-electron chi connectivity index (χ3n) is 13.9. The SMILES string of the molecule is CCC(CC)(CN[C@@H](c1cccc2ccccc12)C(O)(c1ccc(C)cc1)c1ccc(C)cc1)CN[C@@H](c1cccc2ccccc12)C(O)(c1ccc(C)cc1)c1ccc(C)cc1. The summed E-state index contributed by atoms with van der Waals surface area (Å²) in [5.41, 5.74) is 6.77. The molecule has 320 valence electrons. The van der Waals surface area contributed by atoms with Crippen LogP contribution in [0, 0.1) is 33.1 Å². The van der Waals surface area contributed by atoms with Gasteiger partial charge >= 0.3 is 0 Å². The molecule has 0 heterocycles. The lowest BCUT2D eigenvalue weighted by molar-refractivity contribution is 0.0229. The lowest BCUT2D eigenvalue weighted by Crippen LogP contribution is -2.51. The van der Waals surface area contributed by atoms with Gasteiger partial charge in [0.05, 0.1) is 12.1 Å². The maximum absolute atomic E-state index is 13.7. The van der Waals surface area contributed by atoms with Crippen molar-refractivity contribution in [3.05, 3.63) is 238 Å². The number of hydrogen-bond donors (Lipinski definition) is 4. The second-order valence-corrected chi connectivity index (χ2v) is 18.0. The van der Waals surface area contributed by atoms with Gasteiger partial charge < -0.3 is 20.8 Å². The van der Waals surface area contributed by atoms with Crippen LogP contribution in [0.4, 0.5) is 0 Å². The Morgan fingerprint density at radius 1 is 0.381 bits per heavy atom. The molecule has 0 fully saturated rings. The molecule has 0 spiro atoms. The van der Waals surface area contributed by atoms with Crippen LogP contribution >= 0.6 is 0 Å². The maximum atomic E-state index is 13.7. The molecule has 4 N–H and O–H groups in total. The Bertz CT molecular complexity index is 2480. The Balaban J connectivity index is 1.26. The summed E-state index contributed by atoms with van der Waals surface area (Å²) >= 11 is 0. The normalized spacial score (nSPS) is 13.3. The molecule has 4 nitrogen and oxygen atoms in total. The lowest BCUT2D eigenvalue weighted by atomic mass is 9.74. The van der Waals surface area contributed by atoms with E-state index in [0.717, 1.165) is 90.0 Å². The summed E-state index contributed by atoms with van der Waals surface area (Å²) in [6, 6.07) is 62.1. The highest BCUT2D eigenvalue weighted by atomic mass is 16.3. The average Bonchev–Trinajstić information content (AvgIpc) is 3.31. The van der Waals surface area contributed by atoms with Crippen molar-refractivity contribution in [2.75, 3.05) is 13.1 Å². The Morgan fingerprint density at radius 3 is 0.968 bits per heavy atom. The van der Waals surface area contributed by atoms with E-state index in [0.29, 0.717) is 13.1 Å². The van der Waals surface area contributed by atoms with Crippen LogP contribution in [0.15, 0.2) is 182 Å². The summed E-state index contributed by atoms with van der Waals surface area (Å²) in [7, 11) is 0. The van der Waals surface area contributed by atoms with Gasteiger partial charge in [-0.1, -0.05) is 218 Å². The molecular weight excluding hydrogens is 769 g/mol. The van der Waals surface area contributed by atoms with Crippen LogP contribution in [0.3, 0.4) is 0 Å². The molecule has 0 radical (unpaired) electrons. The fourth-order valence-electron chi connectivity index (χ4n) is 9.65. The number of hydrogen-bond acceptors (Lipinski definition) is 4. The van der Waals surface area contributed by atoms with Crippen molar-refractivity contribution < 1.29 is 10.2 Å². The summed E-state index contributed by atoms with van der Waals surface area (Å²) in [6.07, 6.45) is 1.71. The molecule has 63 heavy (non-hydrogen) atoms. The molecule has 8 aromatic carbocycles. The molecule has 4 heteroatoms. The molecule has 0 aromatic heterocycles. The van der Waals surface area contributed by atoms with Crippen molar-refractivity contribution in [3.8, 4) is 0 Å². The van der Waals surface area contributed by atoms with Gasteiger partial charge in [0.2, 0.25) is 0 Å². The number of benzene rings is 8. The van der Waals surface area contributed by atoms with Crippen LogP contribution < -0.4 is 10.6 Å². The highest BCUT2D eigenvalue weighted by Crippen LogP contribution is 2.46. The number of rotatable bonds is 16. The van der Waals surface area contributed by atoms with E-state index in [1.165, 1.54) is 0 Å². The van der Waals surface area contributed by atoms with Gasteiger partial charge in [-0.3, -0.25) is 0 Å². The molecule has 0 bridgehead atoms. The van der Waals surface area contributed by atoms with Gasteiger partial charge in [-0.2, -0.15) is 0 Å². The molecule has 0 unspecified atom stereocenters. The third kappa shape index (κ3) is 8.62. The number of fused-ring (bicyclic) bond motifs is 2. The molecule has 0 aliphatic carbocycles. The average molecular weight is 831 g/mol. The molecule has 8 rings (SSSR count). The summed E-state index contributed by atoms with van der Waals surface area (Å²) in [5, 5.41) is 40.0. The van der Waals surface area contributed by atoms with E-state index in [1.54, 1.807) is 0 Å². The molecule has 2 atom stereocenters. The quantitative estimate of drug-likeness (QED) is 0.0783. The zero-order chi connectivity index (χ0) is 44.2. The summed E-state index contributed by atoms with van der Waals surface area (Å²) in [4.78, 5) is 0. The molecule has 0 amide bonds. The van der Waals surface area contributed by atoms with Crippen LogP contribution in [0.5, 0.6) is 0 Å². The first kappa shape index (κ1) is 43.8. The van der Waals surface area contributed by atoms with Crippen LogP contribution in [-0.4, -0.2) is 23.3 Å². The maximum Gasteiger partial charge on any atom is 0.134 e. The highest BCUT2D eigenvalue weighted by molar-refractivity contribution is 5.87. The Labute approximate surface area is 374 Å². The standard InChI is InChI=1S/C59H62N2O2/c1-7-57(8-2,39-60-55(53-21-13-17-45-15-9-11-19-51(45)53)58(62,47-31-23-41(3)24-32-47)48-33-25-42(4)26-34-48)40-61-56(54-22-14-18-46-16-10-12-20-52(46)54)59(63,49-35-27-43(5)28-36-49)50-37-29-44(6)30-38-50/h9-38,55-56,60-63H,7-8,39-40H2,1-6H3/t55-,56-/m0/s1. The van der Waals surface area contributed by atoms with Gasteiger partial charge in [0, 0.05) is 13.1 Å². The Morgan fingerprint density at radius 2 is 0.667 bits per heavy atom. The number of nitrogens with one attached hydrogen (secondary N) is 2. The second kappa shape index (κ2) is 18.5. The molecule has 8 aromatic rings. The third-order valence-corrected chi connectivity index (χ3v) is 13.9. The van der Waals surface area contributed by atoms with E-state index < -0.39 is 23.3 Å². The first-order valence-corrected chi connectivity index (χ1v) is 22.6. The topological polar surface area (TPSA) is 64.5 Å². The van der Waals surface area contributed by atoms with Gasteiger partial charge in [0.1, 0.15) is 11.2 Å². The lowest BCUT2D eigenvalue weighted by Gasteiger charge is -2.44. The predicted molar refractivity (Wildman–Crippen MR) is 263 cm³/mol. The van der Waals surface area contributed by atoms with Gasteiger partial charge in [0.25, 0.3) is 0 Å². The highest BCUT2D eigenvalue weighted by Gasteiger charge is 2.45. The largest absolute Gasteiger partial charge is 0.378 e. The second-order valence-electron chi connectivity index (χ2n) is 18.0. The van der Waals surface area contributed by atoms with Crippen molar-refractivity contribution in [2.24, 2.45) is 5.41 Å². The van der Waals surface area contributed by atoms with Crippen LogP contribution in [0.2, 0.25) is 0 Å². The van der Waals surface area contributed by atoms with Crippen molar-refractivity contribution in [2.45, 2.75) is 77.7 Å². The van der Waals surface area contributed by atoms with Gasteiger partial charge in [-0.15, -0.1) is 0 Å². The van der Waals surface area contributed by atoms with Crippen molar-refractivity contribution in [3.63, 3.8) is 0 Å². The van der Waals surface area contributed by atoms with Crippen LogP contribution in [-0.2, 0) is 11.2 Å². The number of aliphatic hydroxyl groups is 2. The minimum atomic E-state index is -1.44. The van der Waals surface area contributed by atoms with Gasteiger partial charge in [0.15, 0.2) is 0 Å². The smallest absolute Gasteiger partial charge is 0.134 e. The Hall–Kier alpha value is -5.88. The monoisotopic (exact) mass is 830 g/mol. The van der Waals surface area contributed by atoms with Crippen molar-refractivity contribution >= 4 is 21.5 Å². The minimum absolute atomic E-state index is 0.297. The van der Waals surface area contributed by atoms with Crippen molar-refractivity contribution in [1.29, 1.82) is 0 Å². The molecule has 0 aliphatic heterocycles. The molecule has 0 saturated heterocycles. The van der Waals surface area contributed by atoms with E-state index >= 15 is 0 Å². The van der Waals surface area contributed by atoms with E-state index in [2.05, 4.69) is 234 Å². The molecule has 0 aliphatic rings. The first-order valence-electron chi connectivity index (χ1n) is 22.6. The number of aryl methyl sites for hydroxylation is 4. The van der Waals surface area contributed by atoms with E-state index in [9.17, 15) is 10.2 Å². The van der Waals surface area contributed by atoms with Gasteiger partial charge in [-0.05, 0) is 101 Å². The fourth-order valence-corrected chi connectivity index (χ4v) is 9.65. The van der Waals surface area contributed by atoms with E-state index in [4.69, 9.17) is 0 Å². The van der Waals surface area contributed by atoms with E-state index in [1.807, 2.05) is 0 Å². The zero-order valence-corrected chi connectivity index (χ0v) is 37.7. The Kier molecular flexibility index (Phi) is 12.8. The van der Waals surface area contributed by atoms with Crippen molar-refractivity contribution in [1.82, 2.24) is 10.6 Å². The summed E-state index contributed by atoms with van der Waals surface area (Å²) in [6.45, 7) is 14.1. The van der Waals surface area contributed by atoms with Gasteiger partial charge in [-0.25, -0.2) is 0 Å². The van der Waals surface area contributed by atoms with E-state index in [-0.39, 0.29) is 5.41 Å². The fraction of sp³-hybridized carbons (Fsp3) is 0.254. The zero-order valence-electron chi connectivity index (χ0n) is 37.7. The predicted octanol–water partition coefficient (Wildman–Crippen LogP) is 12.9. The molecular formula is C59H62N2O2. The van der Waals surface area contributed by atoms with Crippen LogP contribution in [0.1, 0.15) is 94.4 Å². The molecule has 0 saturated carbocycles.